The van der Waals surface area contributed by atoms with Gasteiger partial charge in [0.15, 0.2) is 0 Å². The fraction of sp³-hybridized carbons (Fsp3) is 0.375. The molecule has 0 aliphatic heterocycles. The number of carbonyl (C=O) groups is 1. The fourth-order valence-corrected chi connectivity index (χ4v) is 3.39. The van der Waals surface area contributed by atoms with Crippen LogP contribution in [-0.4, -0.2) is 22.8 Å². The van der Waals surface area contributed by atoms with E-state index in [2.05, 4.69) is 26.2 Å². The average molecular weight is 333 g/mol. The van der Waals surface area contributed by atoms with Gasteiger partial charge in [-0.25, -0.2) is 0 Å². The summed E-state index contributed by atoms with van der Waals surface area (Å²) in [4.78, 5) is 16.7. The molecule has 1 aromatic heterocycles. The number of para-hydroxylation sites is 1. The van der Waals surface area contributed by atoms with E-state index >= 15 is 0 Å². The highest BCUT2D eigenvalue weighted by molar-refractivity contribution is 9.09. The molecule has 0 saturated heterocycles. The Morgan fingerprint density at radius 2 is 2.10 bits per heavy atom. The van der Waals surface area contributed by atoms with Crippen LogP contribution in [0.25, 0.3) is 10.9 Å². The van der Waals surface area contributed by atoms with E-state index in [0.29, 0.717) is 11.0 Å². The van der Waals surface area contributed by atoms with Gasteiger partial charge in [0.05, 0.1) is 11.1 Å². The molecule has 1 fully saturated rings. The first-order chi connectivity index (χ1) is 9.74. The van der Waals surface area contributed by atoms with Crippen LogP contribution in [0, 0.1) is 5.41 Å². The van der Waals surface area contributed by atoms with Gasteiger partial charge < -0.3 is 5.32 Å². The summed E-state index contributed by atoms with van der Waals surface area (Å²) in [5.41, 5.74) is 1.91. The molecule has 104 valence electrons. The SMILES string of the molecule is O=C(NCC1(CCBr)CC1)c1ccnc2ccccc12. The van der Waals surface area contributed by atoms with Crippen molar-refractivity contribution in [1.82, 2.24) is 10.3 Å². The van der Waals surface area contributed by atoms with E-state index in [1.54, 1.807) is 12.3 Å². The van der Waals surface area contributed by atoms with Crippen molar-refractivity contribution in [1.29, 1.82) is 0 Å². The van der Waals surface area contributed by atoms with E-state index in [-0.39, 0.29) is 5.91 Å². The van der Waals surface area contributed by atoms with Crippen LogP contribution < -0.4 is 5.32 Å². The molecule has 3 rings (SSSR count). The molecule has 1 saturated carbocycles. The van der Waals surface area contributed by atoms with Gasteiger partial charge in [0.1, 0.15) is 0 Å². The van der Waals surface area contributed by atoms with Crippen molar-refractivity contribution in [2.75, 3.05) is 11.9 Å². The molecule has 0 radical (unpaired) electrons. The number of hydrogen-bond donors (Lipinski definition) is 1. The zero-order valence-electron chi connectivity index (χ0n) is 11.2. The summed E-state index contributed by atoms with van der Waals surface area (Å²) in [6, 6.07) is 9.55. The first kappa shape index (κ1) is 13.6. The Morgan fingerprint density at radius 3 is 2.85 bits per heavy atom. The maximum Gasteiger partial charge on any atom is 0.252 e. The second-order valence-corrected chi connectivity index (χ2v) is 6.29. The highest BCUT2D eigenvalue weighted by atomic mass is 79.9. The number of halogens is 1. The van der Waals surface area contributed by atoms with Crippen LogP contribution in [0.2, 0.25) is 0 Å². The standard InChI is InChI=1S/C16H17BrN2O/c17-9-8-16(6-7-16)11-19-15(20)13-5-10-18-14-4-2-1-3-12(13)14/h1-5,10H,6-9,11H2,(H,19,20). The van der Waals surface area contributed by atoms with Crippen LogP contribution in [0.4, 0.5) is 0 Å². The molecule has 0 atom stereocenters. The lowest BCUT2D eigenvalue weighted by Gasteiger charge is -2.15. The van der Waals surface area contributed by atoms with E-state index in [0.717, 1.165) is 29.2 Å². The lowest BCUT2D eigenvalue weighted by atomic mass is 10.0. The van der Waals surface area contributed by atoms with E-state index in [1.807, 2.05) is 24.3 Å². The molecule has 0 spiro atoms. The molecule has 0 bridgehead atoms. The number of nitrogens with one attached hydrogen (secondary N) is 1. The first-order valence-electron chi connectivity index (χ1n) is 6.92. The number of carbonyl (C=O) groups excluding carboxylic acids is 1. The van der Waals surface area contributed by atoms with E-state index in [4.69, 9.17) is 0 Å². The van der Waals surface area contributed by atoms with Gasteiger partial charge in [0, 0.05) is 23.5 Å². The molecule has 1 amide bonds. The number of rotatable bonds is 5. The lowest BCUT2D eigenvalue weighted by Crippen LogP contribution is -2.30. The monoisotopic (exact) mass is 332 g/mol. The average Bonchev–Trinajstić information content (AvgIpc) is 3.25. The maximum absolute atomic E-state index is 12.4. The van der Waals surface area contributed by atoms with Gasteiger partial charge in [-0.3, -0.25) is 9.78 Å². The van der Waals surface area contributed by atoms with E-state index in [9.17, 15) is 4.79 Å². The van der Waals surface area contributed by atoms with Crippen LogP contribution in [0.15, 0.2) is 36.5 Å². The molecule has 3 nitrogen and oxygen atoms in total. The van der Waals surface area contributed by atoms with Crippen LogP contribution in [-0.2, 0) is 0 Å². The van der Waals surface area contributed by atoms with Gasteiger partial charge in [0.2, 0.25) is 0 Å². The number of nitrogens with zero attached hydrogens (tertiary/aromatic N) is 1. The molecule has 1 heterocycles. The van der Waals surface area contributed by atoms with Crippen LogP contribution in [0.5, 0.6) is 0 Å². The minimum absolute atomic E-state index is 0.00412. The number of aromatic nitrogens is 1. The van der Waals surface area contributed by atoms with Gasteiger partial charge in [-0.1, -0.05) is 34.1 Å². The smallest absolute Gasteiger partial charge is 0.252 e. The van der Waals surface area contributed by atoms with Gasteiger partial charge in [-0.05, 0) is 36.8 Å². The molecular weight excluding hydrogens is 316 g/mol. The number of benzene rings is 1. The normalized spacial score (nSPS) is 16.1. The molecule has 1 aliphatic rings. The topological polar surface area (TPSA) is 42.0 Å². The second-order valence-electron chi connectivity index (χ2n) is 5.50. The Morgan fingerprint density at radius 1 is 1.30 bits per heavy atom. The van der Waals surface area contributed by atoms with Gasteiger partial charge >= 0.3 is 0 Å². The molecule has 20 heavy (non-hydrogen) atoms. The Hall–Kier alpha value is -1.42. The van der Waals surface area contributed by atoms with Crippen LogP contribution >= 0.6 is 15.9 Å². The zero-order valence-corrected chi connectivity index (χ0v) is 12.8. The van der Waals surface area contributed by atoms with Crippen molar-refractivity contribution in [2.45, 2.75) is 19.3 Å². The third-order valence-electron chi connectivity index (χ3n) is 4.10. The van der Waals surface area contributed by atoms with Crippen molar-refractivity contribution in [3.63, 3.8) is 0 Å². The lowest BCUT2D eigenvalue weighted by molar-refractivity contribution is 0.0946. The summed E-state index contributed by atoms with van der Waals surface area (Å²) >= 11 is 3.49. The summed E-state index contributed by atoms with van der Waals surface area (Å²) < 4.78 is 0. The Kier molecular flexibility index (Phi) is 3.74. The Labute approximate surface area is 126 Å². The number of hydrogen-bond acceptors (Lipinski definition) is 2. The summed E-state index contributed by atoms with van der Waals surface area (Å²) in [7, 11) is 0. The highest BCUT2D eigenvalue weighted by Crippen LogP contribution is 2.48. The molecule has 0 unspecified atom stereocenters. The van der Waals surface area contributed by atoms with Gasteiger partial charge in [0.25, 0.3) is 5.91 Å². The molecule has 1 aliphatic carbocycles. The molecule has 4 heteroatoms. The predicted molar refractivity (Wildman–Crippen MR) is 84.2 cm³/mol. The first-order valence-corrected chi connectivity index (χ1v) is 8.04. The van der Waals surface area contributed by atoms with Crippen molar-refractivity contribution in [2.24, 2.45) is 5.41 Å². The Bertz CT molecular complexity index is 632. The summed E-state index contributed by atoms with van der Waals surface area (Å²) in [6.45, 7) is 0.772. The van der Waals surface area contributed by atoms with Crippen molar-refractivity contribution < 1.29 is 4.79 Å². The third kappa shape index (κ3) is 2.70. The van der Waals surface area contributed by atoms with E-state index < -0.39 is 0 Å². The van der Waals surface area contributed by atoms with Crippen molar-refractivity contribution >= 4 is 32.7 Å². The third-order valence-corrected chi connectivity index (χ3v) is 4.50. The maximum atomic E-state index is 12.4. The minimum Gasteiger partial charge on any atom is -0.351 e. The number of fused-ring (bicyclic) bond motifs is 1. The fourth-order valence-electron chi connectivity index (χ4n) is 2.55. The molecular formula is C16H17BrN2O. The van der Waals surface area contributed by atoms with Crippen molar-refractivity contribution in [3.8, 4) is 0 Å². The largest absolute Gasteiger partial charge is 0.351 e. The number of pyridine rings is 1. The van der Waals surface area contributed by atoms with Crippen molar-refractivity contribution in [3.05, 3.63) is 42.1 Å². The predicted octanol–water partition coefficient (Wildman–Crippen LogP) is 3.53. The van der Waals surface area contributed by atoms with Crippen LogP contribution in [0.1, 0.15) is 29.6 Å². The second kappa shape index (κ2) is 5.52. The van der Waals surface area contributed by atoms with Gasteiger partial charge in [-0.15, -0.1) is 0 Å². The number of amides is 1. The van der Waals surface area contributed by atoms with Gasteiger partial charge in [-0.2, -0.15) is 0 Å². The molecule has 1 N–H and O–H groups in total. The zero-order chi connectivity index (χ0) is 14.0. The molecule has 1 aromatic carbocycles. The summed E-state index contributed by atoms with van der Waals surface area (Å²) in [6.07, 6.45) is 5.26. The highest BCUT2D eigenvalue weighted by Gasteiger charge is 2.41. The summed E-state index contributed by atoms with van der Waals surface area (Å²) in [5, 5.41) is 5.01. The Balaban J connectivity index is 1.76. The van der Waals surface area contributed by atoms with Crippen LogP contribution in [0.3, 0.4) is 0 Å². The summed E-state index contributed by atoms with van der Waals surface area (Å²) in [5.74, 6) is 0.00412. The molecule has 2 aromatic rings. The number of alkyl halides is 1. The minimum atomic E-state index is 0.00412. The quantitative estimate of drug-likeness (QED) is 0.851. The van der Waals surface area contributed by atoms with E-state index in [1.165, 1.54) is 12.8 Å².